The Morgan fingerprint density at radius 1 is 1.39 bits per heavy atom. The van der Waals surface area contributed by atoms with Crippen molar-refractivity contribution in [2.45, 2.75) is 19.4 Å². The first-order chi connectivity index (χ1) is 8.74. The van der Waals surface area contributed by atoms with Crippen LogP contribution in [0, 0.1) is 6.92 Å². The Bertz CT molecular complexity index is 668. The summed E-state index contributed by atoms with van der Waals surface area (Å²) in [6.07, 6.45) is 4.34. The van der Waals surface area contributed by atoms with Gasteiger partial charge in [-0.2, -0.15) is 0 Å². The number of rotatable bonds is 3. The maximum atomic E-state index is 6.12. The number of aryl methyl sites for hydroxylation is 1. The number of hydrogen-bond acceptors (Lipinski definition) is 3. The number of nitrogens with zero attached hydrogens (tertiary/aromatic N) is 1. The maximum Gasteiger partial charge on any atom is 0.211 e. The van der Waals surface area contributed by atoms with Gasteiger partial charge in [-0.05, 0) is 25.0 Å². The lowest BCUT2D eigenvalue weighted by atomic mass is 10.1. The Labute approximate surface area is 105 Å². The van der Waals surface area contributed by atoms with Gasteiger partial charge in [-0.25, -0.2) is 4.98 Å². The molecule has 1 atom stereocenters. The fraction of sp³-hybridized carbons (Fsp3) is 0.214. The largest absolute Gasteiger partial charge is 0.447 e. The quantitative estimate of drug-likeness (QED) is 0.740. The Morgan fingerprint density at radius 3 is 3.00 bits per heavy atom. The zero-order valence-electron chi connectivity index (χ0n) is 10.2. The highest BCUT2D eigenvalue weighted by atomic mass is 16.3. The second kappa shape index (κ2) is 4.31. The molecule has 0 aliphatic rings. The molecular formula is C14H15N3O. The van der Waals surface area contributed by atoms with Crippen molar-refractivity contribution in [3.05, 3.63) is 53.9 Å². The second-order valence-electron chi connectivity index (χ2n) is 4.50. The lowest BCUT2D eigenvalue weighted by Crippen LogP contribution is -2.13. The van der Waals surface area contributed by atoms with Gasteiger partial charge in [0.2, 0.25) is 5.89 Å². The first-order valence-electron chi connectivity index (χ1n) is 5.96. The highest BCUT2D eigenvalue weighted by Gasteiger charge is 2.14. The van der Waals surface area contributed by atoms with E-state index in [2.05, 4.69) is 22.1 Å². The highest BCUT2D eigenvalue weighted by molar-refractivity contribution is 5.83. The molecule has 1 aromatic carbocycles. The van der Waals surface area contributed by atoms with Crippen LogP contribution < -0.4 is 5.73 Å². The van der Waals surface area contributed by atoms with E-state index in [-0.39, 0.29) is 6.04 Å². The van der Waals surface area contributed by atoms with Gasteiger partial charge in [-0.3, -0.25) is 0 Å². The van der Waals surface area contributed by atoms with Crippen molar-refractivity contribution >= 4 is 10.9 Å². The van der Waals surface area contributed by atoms with Gasteiger partial charge < -0.3 is 15.1 Å². The van der Waals surface area contributed by atoms with Gasteiger partial charge in [0.25, 0.3) is 0 Å². The summed E-state index contributed by atoms with van der Waals surface area (Å²) in [5, 5.41) is 1.20. The molecule has 0 fully saturated rings. The summed E-state index contributed by atoms with van der Waals surface area (Å²) in [5.41, 5.74) is 9.30. The Balaban J connectivity index is 1.88. The molecule has 4 heteroatoms. The van der Waals surface area contributed by atoms with Gasteiger partial charge in [-0.15, -0.1) is 0 Å². The number of nitrogens with two attached hydrogens (primary N) is 1. The van der Waals surface area contributed by atoms with Gasteiger partial charge >= 0.3 is 0 Å². The number of H-pyrrole nitrogens is 1. The third-order valence-electron chi connectivity index (χ3n) is 3.07. The fourth-order valence-corrected chi connectivity index (χ4v) is 2.17. The van der Waals surface area contributed by atoms with Crippen molar-refractivity contribution in [3.63, 3.8) is 0 Å². The summed E-state index contributed by atoms with van der Waals surface area (Å²) in [4.78, 5) is 7.51. The minimum atomic E-state index is -0.210. The molecule has 3 rings (SSSR count). The van der Waals surface area contributed by atoms with Crippen molar-refractivity contribution < 1.29 is 4.42 Å². The maximum absolute atomic E-state index is 6.12. The number of fused-ring (bicyclic) bond motifs is 1. The molecular weight excluding hydrogens is 226 g/mol. The smallest absolute Gasteiger partial charge is 0.211 e. The van der Waals surface area contributed by atoms with E-state index in [1.165, 1.54) is 10.9 Å². The molecule has 0 spiro atoms. The molecule has 2 heterocycles. The van der Waals surface area contributed by atoms with Gasteiger partial charge in [0, 0.05) is 17.1 Å². The average Bonchev–Trinajstić information content (AvgIpc) is 2.97. The molecule has 0 aliphatic heterocycles. The Kier molecular flexibility index (Phi) is 2.64. The predicted molar refractivity (Wildman–Crippen MR) is 70.2 cm³/mol. The minimum absolute atomic E-state index is 0.210. The number of hydrogen-bond donors (Lipinski definition) is 2. The van der Waals surface area contributed by atoms with Crippen LogP contribution in [0.3, 0.4) is 0 Å². The average molecular weight is 241 g/mol. The zero-order valence-corrected chi connectivity index (χ0v) is 10.2. The van der Waals surface area contributed by atoms with Gasteiger partial charge in [0.05, 0.1) is 11.7 Å². The molecule has 0 amide bonds. The van der Waals surface area contributed by atoms with Crippen molar-refractivity contribution in [3.8, 4) is 0 Å². The van der Waals surface area contributed by atoms with E-state index >= 15 is 0 Å². The third-order valence-corrected chi connectivity index (χ3v) is 3.07. The van der Waals surface area contributed by atoms with Crippen LogP contribution in [0.5, 0.6) is 0 Å². The number of para-hydroxylation sites is 1. The number of oxazole rings is 1. The lowest BCUT2D eigenvalue weighted by molar-refractivity contribution is 0.449. The molecule has 0 unspecified atom stereocenters. The van der Waals surface area contributed by atoms with Crippen LogP contribution >= 0.6 is 0 Å². The molecule has 0 radical (unpaired) electrons. The van der Waals surface area contributed by atoms with Crippen LogP contribution in [0.1, 0.15) is 23.2 Å². The SMILES string of the molecule is Cc1coc([C@@H](N)Cc2c[nH]c3ccccc23)n1. The summed E-state index contributed by atoms with van der Waals surface area (Å²) < 4.78 is 5.34. The van der Waals surface area contributed by atoms with E-state index in [1.807, 2.05) is 25.3 Å². The van der Waals surface area contributed by atoms with Crippen LogP contribution in [0.4, 0.5) is 0 Å². The van der Waals surface area contributed by atoms with E-state index in [1.54, 1.807) is 6.26 Å². The van der Waals surface area contributed by atoms with E-state index in [0.29, 0.717) is 12.3 Å². The fourth-order valence-electron chi connectivity index (χ4n) is 2.17. The molecule has 18 heavy (non-hydrogen) atoms. The van der Waals surface area contributed by atoms with Gasteiger partial charge in [-0.1, -0.05) is 18.2 Å². The van der Waals surface area contributed by atoms with E-state index in [9.17, 15) is 0 Å². The Hall–Kier alpha value is -2.07. The third kappa shape index (κ3) is 1.91. The van der Waals surface area contributed by atoms with Crippen LogP contribution in [-0.2, 0) is 6.42 Å². The van der Waals surface area contributed by atoms with E-state index < -0.39 is 0 Å². The minimum Gasteiger partial charge on any atom is -0.447 e. The van der Waals surface area contributed by atoms with Crippen LogP contribution in [0.15, 0.2) is 41.1 Å². The predicted octanol–water partition coefficient (Wildman–Crippen LogP) is 2.71. The molecule has 0 saturated heterocycles. The topological polar surface area (TPSA) is 67.8 Å². The molecule has 3 N–H and O–H groups in total. The normalized spacial score (nSPS) is 13.0. The molecule has 3 aromatic rings. The summed E-state index contributed by atoms with van der Waals surface area (Å²) in [6.45, 7) is 1.89. The lowest BCUT2D eigenvalue weighted by Gasteiger charge is -2.06. The summed E-state index contributed by atoms with van der Waals surface area (Å²) in [7, 11) is 0. The first kappa shape index (κ1) is 11.0. The molecule has 92 valence electrons. The number of aromatic nitrogens is 2. The summed E-state index contributed by atoms with van der Waals surface area (Å²) in [6, 6.07) is 7.98. The number of nitrogens with one attached hydrogen (secondary N) is 1. The van der Waals surface area contributed by atoms with Crippen LogP contribution in [0.25, 0.3) is 10.9 Å². The molecule has 0 aliphatic carbocycles. The first-order valence-corrected chi connectivity index (χ1v) is 5.96. The van der Waals surface area contributed by atoms with Crippen LogP contribution in [0.2, 0.25) is 0 Å². The molecule has 0 bridgehead atoms. The van der Waals surface area contributed by atoms with Crippen molar-refractivity contribution in [1.29, 1.82) is 0 Å². The summed E-state index contributed by atoms with van der Waals surface area (Å²) in [5.74, 6) is 0.595. The molecule has 4 nitrogen and oxygen atoms in total. The van der Waals surface area contributed by atoms with E-state index in [0.717, 1.165) is 11.2 Å². The van der Waals surface area contributed by atoms with Crippen molar-refractivity contribution in [2.75, 3.05) is 0 Å². The molecule has 2 aromatic heterocycles. The van der Waals surface area contributed by atoms with E-state index in [4.69, 9.17) is 10.2 Å². The second-order valence-corrected chi connectivity index (χ2v) is 4.50. The van der Waals surface area contributed by atoms with Crippen molar-refractivity contribution in [2.24, 2.45) is 5.73 Å². The monoisotopic (exact) mass is 241 g/mol. The number of aromatic amines is 1. The Morgan fingerprint density at radius 2 is 2.22 bits per heavy atom. The zero-order chi connectivity index (χ0) is 12.5. The number of benzene rings is 1. The van der Waals surface area contributed by atoms with Crippen LogP contribution in [-0.4, -0.2) is 9.97 Å². The van der Waals surface area contributed by atoms with Crippen molar-refractivity contribution in [1.82, 2.24) is 9.97 Å². The summed E-state index contributed by atoms with van der Waals surface area (Å²) >= 11 is 0. The van der Waals surface area contributed by atoms with Gasteiger partial charge in [0.15, 0.2) is 0 Å². The highest BCUT2D eigenvalue weighted by Crippen LogP contribution is 2.22. The standard InChI is InChI=1S/C14H15N3O/c1-9-8-18-14(17-9)12(15)6-10-7-16-13-5-3-2-4-11(10)13/h2-5,7-8,12,16H,6,15H2,1H3/t12-/m0/s1. The molecule has 0 saturated carbocycles. The van der Waals surface area contributed by atoms with Gasteiger partial charge in [0.1, 0.15) is 6.26 Å².